The zero-order valence-corrected chi connectivity index (χ0v) is 12.2. The molecule has 1 aromatic heterocycles. The van der Waals surface area contributed by atoms with Crippen LogP contribution in [0.2, 0.25) is 0 Å². The Labute approximate surface area is 123 Å². The number of aryl methyl sites for hydroxylation is 1. The smallest absolute Gasteiger partial charge is 0.222 e. The first-order chi connectivity index (χ1) is 10.1. The second-order valence-corrected chi connectivity index (χ2v) is 5.61. The van der Waals surface area contributed by atoms with E-state index in [1.165, 1.54) is 6.07 Å². The highest BCUT2D eigenvalue weighted by Gasteiger charge is 2.23. The molecule has 1 saturated heterocycles. The predicted octanol–water partition coefficient (Wildman–Crippen LogP) is 2.14. The molecule has 112 valence electrons. The summed E-state index contributed by atoms with van der Waals surface area (Å²) in [5.74, 6) is 1.20. The highest BCUT2D eigenvalue weighted by Crippen LogP contribution is 2.26. The largest absolute Gasteiger partial charge is 0.368 e. The molecule has 0 bridgehead atoms. The second-order valence-electron chi connectivity index (χ2n) is 5.61. The minimum atomic E-state index is -0.171. The van der Waals surface area contributed by atoms with Gasteiger partial charge in [0.2, 0.25) is 5.95 Å². The van der Waals surface area contributed by atoms with E-state index < -0.39 is 0 Å². The summed E-state index contributed by atoms with van der Waals surface area (Å²) in [5.41, 5.74) is 6.90. The molecule has 1 aromatic carbocycles. The zero-order valence-electron chi connectivity index (χ0n) is 12.2. The van der Waals surface area contributed by atoms with Gasteiger partial charge in [-0.15, -0.1) is 10.2 Å². The van der Waals surface area contributed by atoms with Crippen LogP contribution in [0.15, 0.2) is 24.3 Å². The summed E-state index contributed by atoms with van der Waals surface area (Å²) in [6, 6.07) is 7.18. The molecule has 3 rings (SSSR count). The van der Waals surface area contributed by atoms with E-state index in [1.807, 2.05) is 17.6 Å². The van der Waals surface area contributed by atoms with Crippen molar-refractivity contribution < 1.29 is 4.39 Å². The number of aromatic nitrogens is 3. The Morgan fingerprint density at radius 1 is 1.29 bits per heavy atom. The summed E-state index contributed by atoms with van der Waals surface area (Å²) in [6.07, 6.45) is 2.02. The van der Waals surface area contributed by atoms with Gasteiger partial charge in [0.1, 0.15) is 11.6 Å². The Bertz CT molecular complexity index is 597. The number of anilines is 1. The molecule has 6 heteroatoms. The van der Waals surface area contributed by atoms with Gasteiger partial charge in [-0.3, -0.25) is 9.47 Å². The lowest BCUT2D eigenvalue weighted by molar-refractivity contribution is 0.179. The highest BCUT2D eigenvalue weighted by molar-refractivity contribution is 5.19. The highest BCUT2D eigenvalue weighted by atomic mass is 19.1. The van der Waals surface area contributed by atoms with Crippen LogP contribution in [0.25, 0.3) is 0 Å². The van der Waals surface area contributed by atoms with Gasteiger partial charge in [-0.1, -0.05) is 12.1 Å². The third-order valence-electron chi connectivity index (χ3n) is 4.11. The number of nitrogen functional groups attached to an aromatic ring is 1. The van der Waals surface area contributed by atoms with Crippen LogP contribution in [-0.2, 0) is 6.54 Å². The fourth-order valence-electron chi connectivity index (χ4n) is 3.07. The average Bonchev–Trinajstić information content (AvgIpc) is 2.79. The molecule has 5 nitrogen and oxygen atoms in total. The molecule has 0 spiro atoms. The van der Waals surface area contributed by atoms with Gasteiger partial charge in [0.25, 0.3) is 0 Å². The molecule has 0 saturated carbocycles. The Kier molecular flexibility index (Phi) is 3.88. The molecule has 0 atom stereocenters. The summed E-state index contributed by atoms with van der Waals surface area (Å²) in [5, 5.41) is 7.94. The monoisotopic (exact) mass is 289 g/mol. The van der Waals surface area contributed by atoms with E-state index in [2.05, 4.69) is 15.1 Å². The second kappa shape index (κ2) is 5.81. The van der Waals surface area contributed by atoms with Gasteiger partial charge in [-0.25, -0.2) is 4.39 Å². The van der Waals surface area contributed by atoms with Crippen molar-refractivity contribution in [2.75, 3.05) is 18.8 Å². The third-order valence-corrected chi connectivity index (χ3v) is 4.11. The molecule has 0 unspecified atom stereocenters. The number of benzene rings is 1. The normalized spacial score (nSPS) is 17.2. The zero-order chi connectivity index (χ0) is 14.8. The quantitative estimate of drug-likeness (QED) is 0.940. The lowest BCUT2D eigenvalue weighted by Crippen LogP contribution is -2.34. The fraction of sp³-hybridized carbons (Fsp3) is 0.467. The standard InChI is InChI=1S/C15H20FN5/c1-11-18-19-15(17)21(11)14-5-7-20(8-6-14)10-12-3-2-4-13(16)9-12/h2-4,9,14H,5-8,10H2,1H3,(H2,17,19). The number of halogens is 1. The van der Waals surface area contributed by atoms with E-state index in [0.717, 1.165) is 43.9 Å². The number of piperidine rings is 1. The SMILES string of the molecule is Cc1nnc(N)n1C1CCN(Cc2cccc(F)c2)CC1. The van der Waals surface area contributed by atoms with E-state index in [9.17, 15) is 4.39 Å². The average molecular weight is 289 g/mol. The molecular formula is C15H20FN5. The Morgan fingerprint density at radius 2 is 2.05 bits per heavy atom. The first-order valence-corrected chi connectivity index (χ1v) is 7.27. The summed E-state index contributed by atoms with van der Waals surface area (Å²) in [7, 11) is 0. The maximum absolute atomic E-state index is 13.2. The van der Waals surface area contributed by atoms with E-state index in [-0.39, 0.29) is 5.82 Å². The van der Waals surface area contributed by atoms with Gasteiger partial charge in [-0.2, -0.15) is 0 Å². The first-order valence-electron chi connectivity index (χ1n) is 7.27. The van der Waals surface area contributed by atoms with Gasteiger partial charge in [0.15, 0.2) is 0 Å². The number of hydrogen-bond acceptors (Lipinski definition) is 4. The van der Waals surface area contributed by atoms with Crippen molar-refractivity contribution in [1.29, 1.82) is 0 Å². The number of nitrogens with two attached hydrogens (primary N) is 1. The van der Waals surface area contributed by atoms with Gasteiger partial charge >= 0.3 is 0 Å². The molecule has 2 heterocycles. The van der Waals surface area contributed by atoms with Crippen molar-refractivity contribution in [3.63, 3.8) is 0 Å². The summed E-state index contributed by atoms with van der Waals surface area (Å²) in [6.45, 7) is 4.67. The molecule has 1 aliphatic rings. The lowest BCUT2D eigenvalue weighted by atomic mass is 10.0. The Balaban J connectivity index is 1.60. The number of likely N-dealkylation sites (tertiary alicyclic amines) is 1. The Morgan fingerprint density at radius 3 is 2.67 bits per heavy atom. The molecule has 2 N–H and O–H groups in total. The summed E-state index contributed by atoms with van der Waals surface area (Å²) in [4.78, 5) is 2.35. The van der Waals surface area contributed by atoms with Crippen LogP contribution in [0.3, 0.4) is 0 Å². The van der Waals surface area contributed by atoms with Gasteiger partial charge < -0.3 is 5.73 Å². The lowest BCUT2D eigenvalue weighted by Gasteiger charge is -2.33. The van der Waals surface area contributed by atoms with Gasteiger partial charge in [0, 0.05) is 25.7 Å². The van der Waals surface area contributed by atoms with Crippen LogP contribution in [0.5, 0.6) is 0 Å². The summed E-state index contributed by atoms with van der Waals surface area (Å²) < 4.78 is 15.2. The molecule has 2 aromatic rings. The first kappa shape index (κ1) is 14.0. The molecule has 0 aliphatic carbocycles. The van der Waals surface area contributed by atoms with Gasteiger partial charge in [-0.05, 0) is 37.5 Å². The van der Waals surface area contributed by atoms with Crippen molar-refractivity contribution in [1.82, 2.24) is 19.7 Å². The maximum atomic E-state index is 13.2. The Hall–Kier alpha value is -1.95. The van der Waals surface area contributed by atoms with Gasteiger partial charge in [0.05, 0.1) is 0 Å². The number of hydrogen-bond donors (Lipinski definition) is 1. The number of nitrogens with zero attached hydrogens (tertiary/aromatic N) is 4. The van der Waals surface area contributed by atoms with Crippen LogP contribution < -0.4 is 5.73 Å². The molecule has 1 aliphatic heterocycles. The van der Waals surface area contributed by atoms with Crippen molar-refractivity contribution in [3.05, 3.63) is 41.5 Å². The number of rotatable bonds is 3. The van der Waals surface area contributed by atoms with Crippen LogP contribution in [0, 0.1) is 12.7 Å². The maximum Gasteiger partial charge on any atom is 0.222 e. The third kappa shape index (κ3) is 3.05. The van der Waals surface area contributed by atoms with E-state index >= 15 is 0 Å². The predicted molar refractivity (Wildman–Crippen MR) is 79.1 cm³/mol. The molecule has 21 heavy (non-hydrogen) atoms. The van der Waals surface area contributed by atoms with E-state index in [4.69, 9.17) is 5.73 Å². The summed E-state index contributed by atoms with van der Waals surface area (Å²) >= 11 is 0. The molecule has 0 amide bonds. The minimum absolute atomic E-state index is 0.171. The van der Waals surface area contributed by atoms with E-state index in [0.29, 0.717) is 12.0 Å². The van der Waals surface area contributed by atoms with Crippen LogP contribution in [-0.4, -0.2) is 32.8 Å². The molecule has 1 fully saturated rings. The minimum Gasteiger partial charge on any atom is -0.368 e. The van der Waals surface area contributed by atoms with Crippen LogP contribution in [0.1, 0.15) is 30.3 Å². The molecular weight excluding hydrogens is 269 g/mol. The van der Waals surface area contributed by atoms with E-state index in [1.54, 1.807) is 12.1 Å². The van der Waals surface area contributed by atoms with Crippen LogP contribution in [0.4, 0.5) is 10.3 Å². The van der Waals surface area contributed by atoms with Crippen molar-refractivity contribution in [2.24, 2.45) is 0 Å². The van der Waals surface area contributed by atoms with Crippen molar-refractivity contribution >= 4 is 5.95 Å². The van der Waals surface area contributed by atoms with Crippen LogP contribution >= 0.6 is 0 Å². The molecule has 0 radical (unpaired) electrons. The van der Waals surface area contributed by atoms with Crippen molar-refractivity contribution in [2.45, 2.75) is 32.4 Å². The topological polar surface area (TPSA) is 60.0 Å². The fourth-order valence-corrected chi connectivity index (χ4v) is 3.07. The van der Waals surface area contributed by atoms with Crippen molar-refractivity contribution in [3.8, 4) is 0 Å².